The summed E-state index contributed by atoms with van der Waals surface area (Å²) in [4.78, 5) is 51.1. The van der Waals surface area contributed by atoms with E-state index in [1.807, 2.05) is 6.07 Å². The predicted molar refractivity (Wildman–Crippen MR) is 150 cm³/mol. The molecule has 1 N–H and O–H groups in total. The third-order valence-corrected chi connectivity index (χ3v) is 8.30. The van der Waals surface area contributed by atoms with Crippen LogP contribution in [0.4, 0.5) is 5.69 Å². The number of aromatic nitrogens is 4. The van der Waals surface area contributed by atoms with Crippen molar-refractivity contribution in [3.63, 3.8) is 0 Å². The van der Waals surface area contributed by atoms with E-state index in [0.29, 0.717) is 45.9 Å². The highest BCUT2D eigenvalue weighted by molar-refractivity contribution is 6.31. The van der Waals surface area contributed by atoms with Gasteiger partial charge in [-0.2, -0.15) is 0 Å². The summed E-state index contributed by atoms with van der Waals surface area (Å²) >= 11 is 12.3. The molecule has 41 heavy (non-hydrogen) atoms. The molecule has 1 aliphatic carbocycles. The molecule has 1 amide bonds. The maximum Gasteiger partial charge on any atom is 0.330 e. The number of nitrogens with one attached hydrogen (secondary N) is 1. The Kier molecular flexibility index (Phi) is 6.06. The van der Waals surface area contributed by atoms with E-state index in [4.69, 9.17) is 27.9 Å². The molecule has 0 spiro atoms. The first-order chi connectivity index (χ1) is 19.8. The van der Waals surface area contributed by atoms with Crippen LogP contribution in [-0.2, 0) is 20.7 Å². The lowest BCUT2D eigenvalue weighted by Crippen LogP contribution is -2.32. The monoisotopic (exact) mass is 589 g/mol. The quantitative estimate of drug-likeness (QED) is 0.261. The summed E-state index contributed by atoms with van der Waals surface area (Å²) in [6.45, 7) is -0.438. The van der Waals surface area contributed by atoms with Crippen molar-refractivity contribution in [2.24, 2.45) is 5.92 Å². The number of carbonyl (C=O) groups is 3. The number of ether oxygens (including phenoxy) is 1. The molecule has 0 bridgehead atoms. The first-order valence-corrected chi connectivity index (χ1v) is 13.8. The van der Waals surface area contributed by atoms with Crippen LogP contribution in [0.15, 0.2) is 59.5 Å². The lowest BCUT2D eigenvalue weighted by Gasteiger charge is -2.19. The molecule has 0 saturated heterocycles. The summed E-state index contributed by atoms with van der Waals surface area (Å²) in [7, 11) is 0. The average molecular weight is 590 g/mol. The Morgan fingerprint density at radius 2 is 1.90 bits per heavy atom. The Morgan fingerprint density at radius 1 is 1.05 bits per heavy atom. The van der Waals surface area contributed by atoms with Gasteiger partial charge in [0.1, 0.15) is 6.04 Å². The number of rotatable bonds is 6. The fourth-order valence-corrected chi connectivity index (χ4v) is 6.18. The number of carbonyl (C=O) groups excluding carboxylic acids is 3. The van der Waals surface area contributed by atoms with Gasteiger partial charge in [0.15, 0.2) is 17.5 Å². The molecule has 10 nitrogen and oxygen atoms in total. The van der Waals surface area contributed by atoms with E-state index >= 15 is 0 Å². The SMILES string of the molecule is O=C1CCc2cc(C(=O)COC(=O)[C@@H]3[C@H]4C[C@H]4c4cc(-c5cc(Cl)ccc5-n5cc(Cl)nn5)cc(=O)n43)ccc2N1. The normalized spacial score (nSPS) is 20.0. The number of nitrogens with zero attached hydrogens (tertiary/aromatic N) is 4. The average Bonchev–Trinajstić information content (AvgIpc) is 3.51. The van der Waals surface area contributed by atoms with Crippen LogP contribution in [0.3, 0.4) is 0 Å². The smallest absolute Gasteiger partial charge is 0.330 e. The number of anilines is 1. The van der Waals surface area contributed by atoms with Crippen molar-refractivity contribution in [2.75, 3.05) is 11.9 Å². The molecule has 4 heterocycles. The predicted octanol–water partition coefficient (Wildman–Crippen LogP) is 4.37. The van der Waals surface area contributed by atoms with E-state index in [0.717, 1.165) is 17.7 Å². The van der Waals surface area contributed by atoms with Crippen LogP contribution < -0.4 is 10.9 Å². The van der Waals surface area contributed by atoms with Crippen molar-refractivity contribution < 1.29 is 19.1 Å². The summed E-state index contributed by atoms with van der Waals surface area (Å²) < 4.78 is 8.44. The summed E-state index contributed by atoms with van der Waals surface area (Å²) in [5.74, 6) is -1.05. The zero-order chi connectivity index (χ0) is 28.4. The molecule has 0 radical (unpaired) electrons. The Morgan fingerprint density at radius 3 is 2.71 bits per heavy atom. The van der Waals surface area contributed by atoms with Crippen LogP contribution in [0.25, 0.3) is 16.8 Å². The highest BCUT2D eigenvalue weighted by Crippen LogP contribution is 2.59. The van der Waals surface area contributed by atoms with E-state index in [9.17, 15) is 19.2 Å². The highest BCUT2D eigenvalue weighted by Gasteiger charge is 2.56. The van der Waals surface area contributed by atoms with Gasteiger partial charge in [0.2, 0.25) is 5.91 Å². The van der Waals surface area contributed by atoms with Gasteiger partial charge >= 0.3 is 5.97 Å². The van der Waals surface area contributed by atoms with Crippen LogP contribution in [0.1, 0.15) is 46.4 Å². The van der Waals surface area contributed by atoms with Gasteiger partial charge in [0.05, 0.1) is 11.9 Å². The Hall–Kier alpha value is -4.28. The fraction of sp³-hybridized carbons (Fsp3) is 0.241. The number of esters is 1. The molecule has 2 aromatic carbocycles. The number of fused-ring (bicyclic) bond motifs is 4. The number of hydrogen-bond donors (Lipinski definition) is 1. The molecular formula is C29H21Cl2N5O5. The van der Waals surface area contributed by atoms with Gasteiger partial charge in [-0.3, -0.25) is 19.0 Å². The number of aryl methyl sites for hydroxylation is 1. The minimum absolute atomic E-state index is 0.0372. The maximum atomic E-state index is 13.4. The first kappa shape index (κ1) is 25.7. The summed E-state index contributed by atoms with van der Waals surface area (Å²) in [5, 5.41) is 11.4. The van der Waals surface area contributed by atoms with Gasteiger partial charge in [0, 0.05) is 45.9 Å². The van der Waals surface area contributed by atoms with Crippen molar-refractivity contribution in [1.82, 2.24) is 19.6 Å². The van der Waals surface area contributed by atoms with Crippen molar-refractivity contribution in [2.45, 2.75) is 31.2 Å². The van der Waals surface area contributed by atoms with Crippen LogP contribution >= 0.6 is 23.2 Å². The van der Waals surface area contributed by atoms with E-state index in [-0.39, 0.29) is 34.2 Å². The van der Waals surface area contributed by atoms with E-state index < -0.39 is 18.6 Å². The molecule has 12 heteroatoms. The van der Waals surface area contributed by atoms with Crippen LogP contribution in [-0.4, -0.2) is 43.8 Å². The van der Waals surface area contributed by atoms with Crippen LogP contribution in [0.2, 0.25) is 10.2 Å². The van der Waals surface area contributed by atoms with Crippen molar-refractivity contribution >= 4 is 46.5 Å². The molecule has 7 rings (SSSR count). The zero-order valence-electron chi connectivity index (χ0n) is 21.3. The molecule has 4 aromatic rings. The second-order valence-corrected chi connectivity index (χ2v) is 11.2. The van der Waals surface area contributed by atoms with Gasteiger partial charge in [-0.05, 0) is 72.4 Å². The Bertz CT molecular complexity index is 1850. The van der Waals surface area contributed by atoms with Crippen molar-refractivity contribution in [1.29, 1.82) is 0 Å². The van der Waals surface area contributed by atoms with E-state index in [1.165, 1.54) is 15.3 Å². The standard InChI is InChI=1S/C29H21Cl2N5O5/c30-17-3-5-22(35-12-25(31)33-34-35)18(10-17)16-8-23-19-11-20(19)28(36(23)27(39)9-16)29(40)41-13-24(37)15-1-4-21-14(7-15)2-6-26(38)32-21/h1,3-5,7-10,12,19-20,28H,2,6,11,13H2,(H,32,38)/t19-,20+,28+/m1/s1. The molecule has 0 unspecified atom stereocenters. The summed E-state index contributed by atoms with van der Waals surface area (Å²) in [6, 6.07) is 12.8. The first-order valence-electron chi connectivity index (χ1n) is 13.0. The van der Waals surface area contributed by atoms with Crippen LogP contribution in [0, 0.1) is 5.92 Å². The molecule has 1 fully saturated rings. The van der Waals surface area contributed by atoms with Crippen molar-refractivity contribution in [3.8, 4) is 16.8 Å². The van der Waals surface area contributed by atoms with E-state index in [2.05, 4.69) is 15.6 Å². The number of halogens is 2. The zero-order valence-corrected chi connectivity index (χ0v) is 22.9. The van der Waals surface area contributed by atoms with Gasteiger partial charge in [-0.15, -0.1) is 5.10 Å². The lowest BCUT2D eigenvalue weighted by atomic mass is 9.99. The van der Waals surface area contributed by atoms with Crippen LogP contribution in [0.5, 0.6) is 0 Å². The summed E-state index contributed by atoms with van der Waals surface area (Å²) in [5.41, 5.74) is 4.28. The molecule has 2 aliphatic heterocycles. The number of hydrogen-bond acceptors (Lipinski definition) is 7. The third-order valence-electron chi connectivity index (χ3n) is 7.89. The van der Waals surface area contributed by atoms with Gasteiger partial charge < -0.3 is 10.1 Å². The second-order valence-electron chi connectivity index (χ2n) is 10.4. The molecule has 3 aliphatic rings. The molecule has 206 valence electrons. The summed E-state index contributed by atoms with van der Waals surface area (Å²) in [6.07, 6.45) is 3.19. The number of pyridine rings is 1. The minimum atomic E-state index is -0.795. The second kappa shape index (κ2) is 9.67. The number of Topliss-reactive ketones (excluding diaryl/α,β-unsaturated/α-hetero) is 1. The van der Waals surface area contributed by atoms with Gasteiger partial charge in [-0.25, -0.2) is 9.48 Å². The topological polar surface area (TPSA) is 125 Å². The molecule has 1 saturated carbocycles. The van der Waals surface area contributed by atoms with Gasteiger partial charge in [0.25, 0.3) is 5.56 Å². The van der Waals surface area contributed by atoms with E-state index in [1.54, 1.807) is 42.6 Å². The van der Waals surface area contributed by atoms with Crippen molar-refractivity contribution in [3.05, 3.63) is 92.1 Å². The molecule has 2 aromatic heterocycles. The lowest BCUT2D eigenvalue weighted by molar-refractivity contribution is -0.147. The molecule has 3 atom stereocenters. The molecular weight excluding hydrogens is 569 g/mol. The maximum absolute atomic E-state index is 13.4. The van der Waals surface area contributed by atoms with Gasteiger partial charge in [-0.1, -0.05) is 28.4 Å². The minimum Gasteiger partial charge on any atom is -0.456 e. The number of ketones is 1. The fourth-order valence-electron chi connectivity index (χ4n) is 5.88. The third kappa shape index (κ3) is 4.53. The number of amides is 1. The number of benzene rings is 2. The Labute approximate surface area is 242 Å². The largest absolute Gasteiger partial charge is 0.456 e. The Balaban J connectivity index is 1.13. The highest BCUT2D eigenvalue weighted by atomic mass is 35.5.